The average molecular weight is 375 g/mol. The van der Waals surface area contributed by atoms with E-state index in [2.05, 4.69) is 17.0 Å². The maximum absolute atomic E-state index is 11.9. The number of hydrogen-bond donors (Lipinski definition) is 1. The van der Waals surface area contributed by atoms with Gasteiger partial charge in [-0.2, -0.15) is 0 Å². The number of rotatable bonds is 7. The van der Waals surface area contributed by atoms with Gasteiger partial charge in [0.25, 0.3) is 0 Å². The van der Waals surface area contributed by atoms with Crippen molar-refractivity contribution in [2.75, 3.05) is 51.9 Å². The van der Waals surface area contributed by atoms with E-state index in [1.165, 1.54) is 0 Å². The molecule has 1 aliphatic heterocycles. The molecule has 0 saturated carbocycles. The molecule has 0 radical (unpaired) electrons. The lowest BCUT2D eigenvalue weighted by Crippen LogP contribution is -2.47. The molecule has 2 aromatic rings. The van der Waals surface area contributed by atoms with E-state index in [0.717, 1.165) is 26.3 Å². The second kappa shape index (κ2) is 8.41. The van der Waals surface area contributed by atoms with Gasteiger partial charge >= 0.3 is 5.97 Å². The van der Waals surface area contributed by atoms with E-state index in [4.69, 9.17) is 14.0 Å². The summed E-state index contributed by atoms with van der Waals surface area (Å²) in [5, 5.41) is 13.8. The minimum atomic E-state index is -1.07. The number of aromatic nitrogens is 1. The maximum atomic E-state index is 11.9. The molecule has 1 aliphatic rings. The van der Waals surface area contributed by atoms with Crippen LogP contribution >= 0.6 is 0 Å². The third-order valence-electron chi connectivity index (χ3n) is 4.81. The summed E-state index contributed by atoms with van der Waals surface area (Å²) in [6.45, 7) is 5.94. The first-order valence-corrected chi connectivity index (χ1v) is 8.91. The zero-order valence-corrected chi connectivity index (χ0v) is 15.8. The predicted molar refractivity (Wildman–Crippen MR) is 101 cm³/mol. The molecule has 27 heavy (non-hydrogen) atoms. The van der Waals surface area contributed by atoms with Crippen molar-refractivity contribution in [2.45, 2.75) is 13.0 Å². The Morgan fingerprint density at radius 2 is 2.00 bits per heavy atom. The van der Waals surface area contributed by atoms with Gasteiger partial charge in [0.05, 0.1) is 20.3 Å². The number of anilines is 1. The lowest BCUT2D eigenvalue weighted by Gasteiger charge is -2.34. The first kappa shape index (κ1) is 19.2. The third kappa shape index (κ3) is 4.23. The molecule has 1 aromatic carbocycles. The molecule has 1 aromatic heterocycles. The fourth-order valence-corrected chi connectivity index (χ4v) is 3.29. The largest absolute Gasteiger partial charge is 0.497 e. The Morgan fingerprint density at radius 1 is 1.33 bits per heavy atom. The topological polar surface area (TPSA) is 88.3 Å². The highest BCUT2D eigenvalue weighted by atomic mass is 16.5. The van der Waals surface area contributed by atoms with Crippen molar-refractivity contribution in [1.29, 1.82) is 0 Å². The number of aromatic carboxylic acids is 1. The van der Waals surface area contributed by atoms with Gasteiger partial charge in [0, 0.05) is 38.3 Å². The van der Waals surface area contributed by atoms with Gasteiger partial charge in [-0.1, -0.05) is 5.16 Å². The maximum Gasteiger partial charge on any atom is 0.343 e. The molecule has 0 bridgehead atoms. The Bertz CT molecular complexity index is 768. The van der Waals surface area contributed by atoms with Crippen LogP contribution in [0.3, 0.4) is 0 Å². The zero-order chi connectivity index (χ0) is 19.4. The fraction of sp³-hybridized carbons (Fsp3) is 0.474. The third-order valence-corrected chi connectivity index (χ3v) is 4.81. The number of morpholine rings is 1. The Labute approximate surface area is 158 Å². The summed E-state index contributed by atoms with van der Waals surface area (Å²) in [4.78, 5) is 16.1. The molecular formula is C19H25N3O5. The van der Waals surface area contributed by atoms with Crippen LogP contribution in [0.4, 0.5) is 5.82 Å². The van der Waals surface area contributed by atoms with E-state index >= 15 is 0 Å². The summed E-state index contributed by atoms with van der Waals surface area (Å²) in [7, 11) is 3.41. The smallest absolute Gasteiger partial charge is 0.343 e. The quantitative estimate of drug-likeness (QED) is 0.788. The predicted octanol–water partition coefficient (Wildman–Crippen LogP) is 2.21. The fourth-order valence-electron chi connectivity index (χ4n) is 3.29. The molecule has 1 fully saturated rings. The lowest BCUT2D eigenvalue weighted by molar-refractivity contribution is 0.0217. The summed E-state index contributed by atoms with van der Waals surface area (Å²) >= 11 is 0. The SMILES string of the molecule is COc1ccc(-c2onc(N(C)CC(C)N3CCOCC3)c2C(=O)O)cc1. The number of carboxylic acids is 1. The Kier molecular flexibility index (Phi) is 5.98. The number of benzene rings is 1. The van der Waals surface area contributed by atoms with Gasteiger partial charge in [-0.15, -0.1) is 0 Å². The van der Waals surface area contributed by atoms with Crippen molar-refractivity contribution in [3.05, 3.63) is 29.8 Å². The molecule has 0 spiro atoms. The average Bonchev–Trinajstić information content (AvgIpc) is 3.14. The second-order valence-electron chi connectivity index (χ2n) is 6.62. The molecule has 2 heterocycles. The molecule has 1 unspecified atom stereocenters. The van der Waals surface area contributed by atoms with Gasteiger partial charge in [-0.25, -0.2) is 4.79 Å². The minimum absolute atomic E-state index is 0.0665. The van der Waals surface area contributed by atoms with Crippen LogP contribution in [0.15, 0.2) is 28.8 Å². The number of nitrogens with zero attached hydrogens (tertiary/aromatic N) is 3. The molecule has 8 heteroatoms. The Balaban J connectivity index is 1.82. The lowest BCUT2D eigenvalue weighted by atomic mass is 10.1. The molecule has 0 aliphatic carbocycles. The summed E-state index contributed by atoms with van der Waals surface area (Å²) < 4.78 is 16.0. The molecule has 1 saturated heterocycles. The van der Waals surface area contributed by atoms with Crippen LogP contribution in [0.25, 0.3) is 11.3 Å². The molecule has 1 N–H and O–H groups in total. The van der Waals surface area contributed by atoms with Gasteiger partial charge in [0.15, 0.2) is 17.1 Å². The highest BCUT2D eigenvalue weighted by Crippen LogP contribution is 2.32. The van der Waals surface area contributed by atoms with Crippen LogP contribution in [0.5, 0.6) is 5.75 Å². The number of ether oxygens (including phenoxy) is 2. The van der Waals surface area contributed by atoms with Gasteiger partial charge in [0.2, 0.25) is 0 Å². The van der Waals surface area contributed by atoms with Gasteiger partial charge in [0.1, 0.15) is 5.75 Å². The summed E-state index contributed by atoms with van der Waals surface area (Å²) in [5.41, 5.74) is 0.707. The van der Waals surface area contributed by atoms with Crippen molar-refractivity contribution < 1.29 is 23.9 Å². The van der Waals surface area contributed by atoms with E-state index < -0.39 is 5.97 Å². The highest BCUT2D eigenvalue weighted by molar-refractivity contribution is 5.99. The van der Waals surface area contributed by atoms with Gasteiger partial charge in [-0.3, -0.25) is 4.90 Å². The first-order valence-electron chi connectivity index (χ1n) is 8.91. The molecule has 8 nitrogen and oxygen atoms in total. The van der Waals surface area contributed by atoms with Crippen LogP contribution < -0.4 is 9.64 Å². The van der Waals surface area contributed by atoms with Gasteiger partial charge < -0.3 is 24.0 Å². The standard InChI is InChI=1S/C19H25N3O5/c1-13(22-8-10-26-11-9-22)12-21(2)18-16(19(23)24)17(27-20-18)14-4-6-15(25-3)7-5-14/h4-7,13H,8-12H2,1-3H3,(H,23,24). The normalized spacial score (nSPS) is 16.1. The Morgan fingerprint density at radius 3 is 2.59 bits per heavy atom. The number of hydrogen-bond acceptors (Lipinski definition) is 7. The number of carboxylic acid groups (broad SMARTS) is 1. The van der Waals surface area contributed by atoms with Crippen LogP contribution in [-0.4, -0.2) is 74.2 Å². The summed E-state index contributed by atoms with van der Waals surface area (Å²) in [6, 6.07) is 7.26. The summed E-state index contributed by atoms with van der Waals surface area (Å²) in [6.07, 6.45) is 0. The van der Waals surface area contributed by atoms with E-state index in [1.54, 1.807) is 31.4 Å². The van der Waals surface area contributed by atoms with Crippen molar-refractivity contribution in [3.63, 3.8) is 0 Å². The first-order chi connectivity index (χ1) is 13.0. The van der Waals surface area contributed by atoms with Crippen LogP contribution in [0, 0.1) is 0 Å². The molecule has 3 rings (SSSR count). The second-order valence-corrected chi connectivity index (χ2v) is 6.62. The van der Waals surface area contributed by atoms with Gasteiger partial charge in [-0.05, 0) is 31.2 Å². The van der Waals surface area contributed by atoms with Crippen LogP contribution in [-0.2, 0) is 4.74 Å². The molecule has 1 atom stereocenters. The molecule has 0 amide bonds. The molecular weight excluding hydrogens is 350 g/mol. The number of carbonyl (C=O) groups is 1. The van der Waals surface area contributed by atoms with Crippen molar-refractivity contribution in [2.24, 2.45) is 0 Å². The number of likely N-dealkylation sites (N-methyl/N-ethyl adjacent to an activating group) is 1. The van der Waals surface area contributed by atoms with E-state index in [0.29, 0.717) is 23.7 Å². The number of methoxy groups -OCH3 is 1. The van der Waals surface area contributed by atoms with Crippen molar-refractivity contribution in [1.82, 2.24) is 10.1 Å². The van der Waals surface area contributed by atoms with Crippen molar-refractivity contribution in [3.8, 4) is 17.1 Å². The van der Waals surface area contributed by atoms with Crippen molar-refractivity contribution >= 4 is 11.8 Å². The van der Waals surface area contributed by atoms with Crippen LogP contribution in [0.1, 0.15) is 17.3 Å². The monoisotopic (exact) mass is 375 g/mol. The zero-order valence-electron chi connectivity index (χ0n) is 15.8. The Hall–Kier alpha value is -2.58. The van der Waals surface area contributed by atoms with E-state index in [9.17, 15) is 9.90 Å². The van der Waals surface area contributed by atoms with E-state index in [1.807, 2.05) is 11.9 Å². The highest BCUT2D eigenvalue weighted by Gasteiger charge is 2.28. The minimum Gasteiger partial charge on any atom is -0.497 e. The van der Waals surface area contributed by atoms with Crippen LogP contribution in [0.2, 0.25) is 0 Å². The molecule has 146 valence electrons. The summed E-state index contributed by atoms with van der Waals surface area (Å²) in [5.74, 6) is 0.189. The van der Waals surface area contributed by atoms with E-state index in [-0.39, 0.29) is 17.4 Å².